The van der Waals surface area contributed by atoms with Gasteiger partial charge in [0.25, 0.3) is 0 Å². The van der Waals surface area contributed by atoms with Gasteiger partial charge in [-0.05, 0) is 53.2 Å². The molecule has 0 N–H and O–H groups in total. The van der Waals surface area contributed by atoms with Crippen LogP contribution >= 0.6 is 22.6 Å². The molecule has 1 aliphatic heterocycles. The van der Waals surface area contributed by atoms with Gasteiger partial charge < -0.3 is 13.6 Å². The third-order valence-electron chi connectivity index (χ3n) is 7.19. The fourth-order valence-electron chi connectivity index (χ4n) is 2.90. The van der Waals surface area contributed by atoms with Crippen molar-refractivity contribution in [1.82, 2.24) is 0 Å². The zero-order valence-corrected chi connectivity index (χ0v) is 24.3. The first kappa shape index (κ1) is 26.8. The lowest BCUT2D eigenvalue weighted by molar-refractivity contribution is -0.137. The lowest BCUT2D eigenvalue weighted by atomic mass is 9.89. The quantitative estimate of drug-likeness (QED) is 0.247. The maximum atomic E-state index is 6.88. The highest BCUT2D eigenvalue weighted by Crippen LogP contribution is 2.41. The highest BCUT2D eigenvalue weighted by atomic mass is 127. The van der Waals surface area contributed by atoms with Gasteiger partial charge in [-0.15, -0.1) is 0 Å². The molecule has 0 aliphatic carbocycles. The molecule has 4 atom stereocenters. The minimum absolute atomic E-state index is 0.102. The molecule has 166 valence electrons. The van der Waals surface area contributed by atoms with Gasteiger partial charge in [0.2, 0.25) is 0 Å². The van der Waals surface area contributed by atoms with Crippen LogP contribution in [0.15, 0.2) is 10.2 Å². The first-order chi connectivity index (χ1) is 12.5. The summed E-state index contributed by atoms with van der Waals surface area (Å²) < 4.78 is 22.0. The van der Waals surface area contributed by atoms with E-state index >= 15 is 0 Å². The van der Waals surface area contributed by atoms with E-state index < -0.39 is 16.6 Å². The molecule has 1 rings (SSSR count). The molecule has 3 nitrogen and oxygen atoms in total. The second-order valence-corrected chi connectivity index (χ2v) is 21.8. The average Bonchev–Trinajstić information content (AvgIpc) is 2.51. The van der Waals surface area contributed by atoms with E-state index in [1.165, 1.54) is 0 Å². The first-order valence-electron chi connectivity index (χ1n) is 10.7. The summed E-state index contributed by atoms with van der Waals surface area (Å²) in [7, 11) is -3.61. The van der Waals surface area contributed by atoms with Crippen molar-refractivity contribution >= 4 is 39.2 Å². The summed E-state index contributed by atoms with van der Waals surface area (Å²) in [6, 6.07) is 0. The third-order valence-corrected chi connectivity index (χ3v) is 16.7. The average molecular weight is 541 g/mol. The lowest BCUT2D eigenvalue weighted by Gasteiger charge is -2.47. The molecule has 1 aliphatic rings. The summed E-state index contributed by atoms with van der Waals surface area (Å²) in [6.45, 7) is 26.2. The maximum Gasteiger partial charge on any atom is 0.192 e. The Morgan fingerprint density at radius 2 is 1.54 bits per heavy atom. The SMILES string of the molecule is C[C@@H]1[C@H](CO[Si](C)(C)C(C)(C)C)O[C@H](C/C=C/I)C[C@H]1O[Si](C)(C)C(C)(C)C. The Kier molecular flexibility index (Phi) is 9.52. The molecule has 0 aromatic carbocycles. The summed E-state index contributed by atoms with van der Waals surface area (Å²) in [6.07, 6.45) is 4.69. The van der Waals surface area contributed by atoms with Crippen molar-refractivity contribution in [1.29, 1.82) is 0 Å². The molecule has 0 saturated carbocycles. The minimum atomic E-state index is -1.82. The maximum absolute atomic E-state index is 6.88. The fourth-order valence-corrected chi connectivity index (χ4v) is 5.63. The standard InChI is InChI=1S/C22H45IO3Si2/c1-17-19(26-28(10,11)22(5,6)7)15-18(13-12-14-23)25-20(17)16-24-27(8,9)21(2,3)4/h12,14,17-20H,13,15-16H2,1-11H3/b14-12+/t17-,18+,19+,20-/m0/s1. The van der Waals surface area contributed by atoms with E-state index in [1.54, 1.807) is 0 Å². The molecule has 1 saturated heterocycles. The summed E-state index contributed by atoms with van der Waals surface area (Å²) in [4.78, 5) is 0. The number of halogens is 1. The molecule has 0 aromatic rings. The van der Waals surface area contributed by atoms with Gasteiger partial charge in [-0.1, -0.05) is 77.1 Å². The van der Waals surface area contributed by atoms with Crippen LogP contribution in [0.2, 0.25) is 36.3 Å². The van der Waals surface area contributed by atoms with Gasteiger partial charge in [0, 0.05) is 5.92 Å². The van der Waals surface area contributed by atoms with Crippen LogP contribution < -0.4 is 0 Å². The molecule has 28 heavy (non-hydrogen) atoms. The summed E-state index contributed by atoms with van der Waals surface area (Å²) in [5.41, 5.74) is 0. The van der Waals surface area contributed by atoms with Crippen LogP contribution in [0, 0.1) is 5.92 Å². The van der Waals surface area contributed by atoms with E-state index in [4.69, 9.17) is 13.6 Å². The minimum Gasteiger partial charge on any atom is -0.414 e. The molecule has 0 radical (unpaired) electrons. The van der Waals surface area contributed by atoms with Crippen LogP contribution in [-0.4, -0.2) is 41.6 Å². The Labute approximate surface area is 190 Å². The highest BCUT2D eigenvalue weighted by Gasteiger charge is 2.45. The third kappa shape index (κ3) is 7.18. The summed E-state index contributed by atoms with van der Waals surface area (Å²) >= 11 is 2.29. The van der Waals surface area contributed by atoms with Gasteiger partial charge >= 0.3 is 0 Å². The van der Waals surface area contributed by atoms with Gasteiger partial charge in [0.1, 0.15) is 0 Å². The molecular formula is C22H45IO3Si2. The number of ether oxygens (including phenoxy) is 1. The van der Waals surface area contributed by atoms with E-state index in [0.717, 1.165) is 12.8 Å². The Morgan fingerprint density at radius 3 is 2.00 bits per heavy atom. The monoisotopic (exact) mass is 540 g/mol. The van der Waals surface area contributed by atoms with E-state index in [2.05, 4.69) is 107 Å². The van der Waals surface area contributed by atoms with E-state index in [-0.39, 0.29) is 28.4 Å². The van der Waals surface area contributed by atoms with Gasteiger partial charge in [-0.3, -0.25) is 0 Å². The van der Waals surface area contributed by atoms with Crippen LogP contribution in [0.3, 0.4) is 0 Å². The molecule has 1 fully saturated rings. The van der Waals surface area contributed by atoms with Crippen molar-refractivity contribution in [3.63, 3.8) is 0 Å². The van der Waals surface area contributed by atoms with Crippen LogP contribution in [0.25, 0.3) is 0 Å². The lowest BCUT2D eigenvalue weighted by Crippen LogP contribution is -2.53. The summed E-state index contributed by atoms with van der Waals surface area (Å²) in [5.74, 6) is 0.346. The molecule has 0 aromatic heterocycles. The smallest absolute Gasteiger partial charge is 0.192 e. The highest BCUT2D eigenvalue weighted by molar-refractivity contribution is 14.1. The van der Waals surface area contributed by atoms with Crippen molar-refractivity contribution in [2.75, 3.05) is 6.61 Å². The Hall–Kier alpha value is 0.784. The largest absolute Gasteiger partial charge is 0.414 e. The molecule has 0 spiro atoms. The molecule has 6 heteroatoms. The predicted octanol–water partition coefficient (Wildman–Crippen LogP) is 7.53. The van der Waals surface area contributed by atoms with Crippen molar-refractivity contribution in [2.45, 2.75) is 116 Å². The van der Waals surface area contributed by atoms with Gasteiger partial charge in [-0.25, -0.2) is 0 Å². The van der Waals surface area contributed by atoms with Crippen molar-refractivity contribution in [3.05, 3.63) is 10.2 Å². The molecule has 0 unspecified atom stereocenters. The first-order valence-corrected chi connectivity index (χ1v) is 17.8. The van der Waals surface area contributed by atoms with Crippen LogP contribution in [0.1, 0.15) is 61.3 Å². The number of hydrogen-bond donors (Lipinski definition) is 0. The number of hydrogen-bond acceptors (Lipinski definition) is 3. The molecule has 1 heterocycles. The second-order valence-electron chi connectivity index (χ2n) is 11.5. The Balaban J connectivity index is 2.96. The summed E-state index contributed by atoms with van der Waals surface area (Å²) in [5, 5.41) is 0.432. The Morgan fingerprint density at radius 1 is 1.00 bits per heavy atom. The molecule has 0 bridgehead atoms. The molecule has 0 amide bonds. The van der Waals surface area contributed by atoms with Crippen LogP contribution in [-0.2, 0) is 13.6 Å². The Bertz CT molecular complexity index is 521. The second kappa shape index (κ2) is 9.94. The van der Waals surface area contributed by atoms with Crippen LogP contribution in [0.5, 0.6) is 0 Å². The zero-order chi connectivity index (χ0) is 22.0. The fraction of sp³-hybridized carbons (Fsp3) is 0.909. The zero-order valence-electron chi connectivity index (χ0n) is 20.2. The van der Waals surface area contributed by atoms with Gasteiger partial charge in [0.05, 0.1) is 24.9 Å². The predicted molar refractivity (Wildman–Crippen MR) is 135 cm³/mol. The van der Waals surface area contributed by atoms with E-state index in [9.17, 15) is 0 Å². The number of rotatable bonds is 7. The van der Waals surface area contributed by atoms with Crippen LogP contribution in [0.4, 0.5) is 0 Å². The van der Waals surface area contributed by atoms with Gasteiger partial charge in [0.15, 0.2) is 16.6 Å². The van der Waals surface area contributed by atoms with Crippen molar-refractivity contribution < 1.29 is 13.6 Å². The molecular weight excluding hydrogens is 495 g/mol. The van der Waals surface area contributed by atoms with E-state index in [1.807, 2.05) is 0 Å². The topological polar surface area (TPSA) is 27.7 Å². The normalized spacial score (nSPS) is 28.1. The van der Waals surface area contributed by atoms with Gasteiger partial charge in [-0.2, -0.15) is 0 Å². The van der Waals surface area contributed by atoms with Crippen molar-refractivity contribution in [2.24, 2.45) is 5.92 Å². The van der Waals surface area contributed by atoms with Crippen molar-refractivity contribution in [3.8, 4) is 0 Å². The van der Waals surface area contributed by atoms with E-state index in [0.29, 0.717) is 12.5 Å².